The van der Waals surface area contributed by atoms with E-state index in [0.717, 1.165) is 5.92 Å². The van der Waals surface area contributed by atoms with Gasteiger partial charge in [0.25, 0.3) is 0 Å². The summed E-state index contributed by atoms with van der Waals surface area (Å²) in [5.41, 5.74) is 0.492. The average Bonchev–Trinajstić information content (AvgIpc) is 1.79. The third kappa shape index (κ3) is 8.06. The van der Waals surface area contributed by atoms with E-state index in [1.807, 2.05) is 0 Å². The Labute approximate surface area is 78.1 Å². The van der Waals surface area contributed by atoms with Crippen LogP contribution in [-0.4, -0.2) is 25.5 Å². The van der Waals surface area contributed by atoms with E-state index in [4.69, 9.17) is 0 Å². The van der Waals surface area contributed by atoms with Crippen LogP contribution in [0.1, 0.15) is 40.5 Å². The molecule has 0 N–H and O–H groups in total. The number of hydrogen-bond acceptors (Lipinski definition) is 1. The maximum absolute atomic E-state index is 2.36. The predicted octanol–water partition coefficient (Wildman–Crippen LogP) is 3.01. The first-order chi connectivity index (χ1) is 5.31. The third-order valence-corrected chi connectivity index (χ3v) is 2.03. The highest BCUT2D eigenvalue weighted by Crippen LogP contribution is 2.25. The summed E-state index contributed by atoms with van der Waals surface area (Å²) in [6.07, 6.45) is 2.66. The van der Waals surface area contributed by atoms with Gasteiger partial charge in [0, 0.05) is 0 Å². The van der Waals surface area contributed by atoms with E-state index < -0.39 is 0 Å². The summed E-state index contributed by atoms with van der Waals surface area (Å²) in [6.45, 7) is 10.5. The molecule has 0 bridgehead atoms. The zero-order chi connectivity index (χ0) is 9.78. The van der Waals surface area contributed by atoms with Crippen molar-refractivity contribution in [2.45, 2.75) is 40.5 Å². The van der Waals surface area contributed by atoms with E-state index in [0.29, 0.717) is 5.41 Å². The van der Waals surface area contributed by atoms with Crippen LogP contribution in [0.15, 0.2) is 0 Å². The average molecular weight is 171 g/mol. The summed E-state index contributed by atoms with van der Waals surface area (Å²) in [4.78, 5) is 2.26. The van der Waals surface area contributed by atoms with Crippen LogP contribution in [-0.2, 0) is 0 Å². The zero-order valence-electron chi connectivity index (χ0n) is 9.65. The van der Waals surface area contributed by atoms with Crippen molar-refractivity contribution in [2.24, 2.45) is 11.3 Å². The van der Waals surface area contributed by atoms with Gasteiger partial charge in [-0.25, -0.2) is 0 Å². The zero-order valence-corrected chi connectivity index (χ0v) is 9.65. The maximum atomic E-state index is 2.36. The fraction of sp³-hybridized carbons (Fsp3) is 1.00. The van der Waals surface area contributed by atoms with Gasteiger partial charge in [-0.15, -0.1) is 0 Å². The van der Waals surface area contributed by atoms with Crippen LogP contribution in [0.5, 0.6) is 0 Å². The molecule has 0 aromatic carbocycles. The number of hydrogen-bond donors (Lipinski definition) is 0. The quantitative estimate of drug-likeness (QED) is 0.628. The topological polar surface area (TPSA) is 3.24 Å². The molecule has 1 heteroatoms. The standard InChI is InChI=1S/C11H25N/c1-10(7-8-12(5)6)9-11(2,3)4/h10H,7-9H2,1-6H3. The Morgan fingerprint density at radius 3 is 2.00 bits per heavy atom. The van der Waals surface area contributed by atoms with Crippen LogP contribution in [0.4, 0.5) is 0 Å². The van der Waals surface area contributed by atoms with Gasteiger partial charge in [-0.3, -0.25) is 0 Å². The number of nitrogens with zero attached hydrogens (tertiary/aromatic N) is 1. The highest BCUT2D eigenvalue weighted by molar-refractivity contribution is 4.66. The Morgan fingerprint density at radius 2 is 1.67 bits per heavy atom. The minimum atomic E-state index is 0.492. The fourth-order valence-corrected chi connectivity index (χ4v) is 1.63. The summed E-state index contributed by atoms with van der Waals surface area (Å²) in [5, 5.41) is 0. The lowest BCUT2D eigenvalue weighted by Crippen LogP contribution is -2.18. The molecule has 0 rings (SSSR count). The monoisotopic (exact) mass is 171 g/mol. The molecule has 74 valence electrons. The molecule has 0 saturated heterocycles. The van der Waals surface area contributed by atoms with E-state index in [-0.39, 0.29) is 0 Å². The predicted molar refractivity (Wildman–Crippen MR) is 56.4 cm³/mol. The highest BCUT2D eigenvalue weighted by atomic mass is 15.0. The molecule has 0 aliphatic heterocycles. The van der Waals surface area contributed by atoms with Crippen molar-refractivity contribution in [1.29, 1.82) is 0 Å². The normalized spacial score (nSPS) is 15.2. The van der Waals surface area contributed by atoms with Gasteiger partial charge < -0.3 is 4.90 Å². The van der Waals surface area contributed by atoms with Crippen LogP contribution in [0, 0.1) is 11.3 Å². The minimum absolute atomic E-state index is 0.492. The van der Waals surface area contributed by atoms with Crippen molar-refractivity contribution in [3.63, 3.8) is 0 Å². The fourth-order valence-electron chi connectivity index (χ4n) is 1.63. The molecule has 1 nitrogen and oxygen atoms in total. The van der Waals surface area contributed by atoms with Gasteiger partial charge in [0.1, 0.15) is 0 Å². The second kappa shape index (κ2) is 4.86. The Hall–Kier alpha value is -0.0400. The molecule has 0 aliphatic rings. The molecule has 12 heavy (non-hydrogen) atoms. The van der Waals surface area contributed by atoms with Crippen molar-refractivity contribution >= 4 is 0 Å². The molecule has 0 aromatic rings. The van der Waals surface area contributed by atoms with Crippen LogP contribution in [0.25, 0.3) is 0 Å². The summed E-state index contributed by atoms with van der Waals surface area (Å²) >= 11 is 0. The second-order valence-electron chi connectivity index (χ2n) is 5.46. The van der Waals surface area contributed by atoms with E-state index in [9.17, 15) is 0 Å². The van der Waals surface area contributed by atoms with Gasteiger partial charge in [-0.1, -0.05) is 27.7 Å². The van der Waals surface area contributed by atoms with E-state index in [1.54, 1.807) is 0 Å². The molecular formula is C11H25N. The lowest BCUT2D eigenvalue weighted by Gasteiger charge is -2.24. The molecule has 0 saturated carbocycles. The van der Waals surface area contributed by atoms with Crippen LogP contribution in [0.3, 0.4) is 0 Å². The largest absolute Gasteiger partial charge is 0.309 e. The molecule has 1 unspecified atom stereocenters. The Kier molecular flexibility index (Phi) is 4.84. The van der Waals surface area contributed by atoms with Crippen molar-refractivity contribution in [3.05, 3.63) is 0 Å². The first-order valence-electron chi connectivity index (χ1n) is 4.96. The van der Waals surface area contributed by atoms with E-state index in [2.05, 4.69) is 46.7 Å². The summed E-state index contributed by atoms with van der Waals surface area (Å²) in [7, 11) is 4.29. The maximum Gasteiger partial charge on any atom is -0.00223 e. The van der Waals surface area contributed by atoms with E-state index in [1.165, 1.54) is 19.4 Å². The van der Waals surface area contributed by atoms with Gasteiger partial charge >= 0.3 is 0 Å². The smallest absolute Gasteiger partial charge is 0.00223 e. The summed E-state index contributed by atoms with van der Waals surface area (Å²) in [6, 6.07) is 0. The molecule has 0 spiro atoms. The van der Waals surface area contributed by atoms with E-state index >= 15 is 0 Å². The molecular weight excluding hydrogens is 146 g/mol. The van der Waals surface area contributed by atoms with Gasteiger partial charge in [0.2, 0.25) is 0 Å². The first-order valence-corrected chi connectivity index (χ1v) is 4.96. The lowest BCUT2D eigenvalue weighted by atomic mass is 9.84. The first kappa shape index (κ1) is 12.0. The summed E-state index contributed by atoms with van der Waals surface area (Å²) in [5.74, 6) is 0.854. The Balaban J connectivity index is 3.53. The van der Waals surface area contributed by atoms with Gasteiger partial charge in [-0.05, 0) is 44.8 Å². The van der Waals surface area contributed by atoms with Crippen molar-refractivity contribution < 1.29 is 0 Å². The molecule has 0 heterocycles. The van der Waals surface area contributed by atoms with Gasteiger partial charge in [0.15, 0.2) is 0 Å². The molecule has 0 aliphatic carbocycles. The van der Waals surface area contributed by atoms with Crippen molar-refractivity contribution in [1.82, 2.24) is 4.90 Å². The number of rotatable bonds is 4. The Bertz CT molecular complexity index is 111. The molecule has 0 fully saturated rings. The summed E-state index contributed by atoms with van der Waals surface area (Å²) < 4.78 is 0. The van der Waals surface area contributed by atoms with Crippen LogP contribution in [0.2, 0.25) is 0 Å². The van der Waals surface area contributed by atoms with Crippen LogP contribution < -0.4 is 0 Å². The van der Waals surface area contributed by atoms with Crippen molar-refractivity contribution in [3.8, 4) is 0 Å². The van der Waals surface area contributed by atoms with Crippen LogP contribution >= 0.6 is 0 Å². The lowest BCUT2D eigenvalue weighted by molar-refractivity contribution is 0.272. The molecule has 0 radical (unpaired) electrons. The molecule has 0 aromatic heterocycles. The van der Waals surface area contributed by atoms with Gasteiger partial charge in [0.05, 0.1) is 0 Å². The molecule has 1 atom stereocenters. The van der Waals surface area contributed by atoms with Crippen molar-refractivity contribution in [2.75, 3.05) is 20.6 Å². The second-order valence-corrected chi connectivity index (χ2v) is 5.46. The SMILES string of the molecule is CC(CCN(C)C)CC(C)(C)C. The Morgan fingerprint density at radius 1 is 1.17 bits per heavy atom. The highest BCUT2D eigenvalue weighted by Gasteiger charge is 2.14. The third-order valence-electron chi connectivity index (χ3n) is 2.03. The van der Waals surface area contributed by atoms with Gasteiger partial charge in [-0.2, -0.15) is 0 Å². The molecule has 0 amide bonds. The minimum Gasteiger partial charge on any atom is -0.309 e.